The van der Waals surface area contributed by atoms with Crippen LogP contribution in [0.15, 0.2) is 12.7 Å². The molecule has 0 aliphatic heterocycles. The summed E-state index contributed by atoms with van der Waals surface area (Å²) < 4.78 is 1.91. The molecule has 2 N–H and O–H groups in total. The number of aryl methyl sites for hydroxylation is 1. The second-order valence-corrected chi connectivity index (χ2v) is 6.29. The SMILES string of the molecule is Cc1nn(C(C)C)c(C)c1NC(=O)CN(C)c1ncnc2nc[nH]c12. The Bertz CT molecular complexity index is 910. The molecule has 25 heavy (non-hydrogen) atoms. The summed E-state index contributed by atoms with van der Waals surface area (Å²) in [4.78, 5) is 29.7. The molecule has 0 saturated heterocycles. The van der Waals surface area contributed by atoms with Crippen LogP contribution in [0.5, 0.6) is 0 Å². The average Bonchev–Trinajstić information content (AvgIpc) is 3.14. The maximum absolute atomic E-state index is 12.5. The van der Waals surface area contributed by atoms with Crippen molar-refractivity contribution in [1.29, 1.82) is 0 Å². The van der Waals surface area contributed by atoms with Crippen LogP contribution < -0.4 is 10.2 Å². The van der Waals surface area contributed by atoms with E-state index in [1.165, 1.54) is 6.33 Å². The molecule has 9 nitrogen and oxygen atoms in total. The van der Waals surface area contributed by atoms with E-state index in [4.69, 9.17) is 0 Å². The number of hydrogen-bond acceptors (Lipinski definition) is 6. The number of nitrogens with zero attached hydrogens (tertiary/aromatic N) is 6. The summed E-state index contributed by atoms with van der Waals surface area (Å²) in [5.74, 6) is 0.493. The minimum Gasteiger partial charge on any atom is -0.348 e. The molecule has 0 fully saturated rings. The van der Waals surface area contributed by atoms with Gasteiger partial charge < -0.3 is 15.2 Å². The molecule has 9 heteroatoms. The zero-order valence-corrected chi connectivity index (χ0v) is 15.0. The summed E-state index contributed by atoms with van der Waals surface area (Å²) in [5.41, 5.74) is 3.79. The molecule has 0 aliphatic rings. The van der Waals surface area contributed by atoms with Crippen molar-refractivity contribution in [3.8, 4) is 0 Å². The van der Waals surface area contributed by atoms with Crippen LogP contribution in [0.2, 0.25) is 0 Å². The van der Waals surface area contributed by atoms with Crippen molar-refractivity contribution in [2.45, 2.75) is 33.7 Å². The molecule has 0 aromatic carbocycles. The maximum atomic E-state index is 12.5. The number of nitrogens with one attached hydrogen (secondary N) is 2. The van der Waals surface area contributed by atoms with E-state index < -0.39 is 0 Å². The van der Waals surface area contributed by atoms with E-state index >= 15 is 0 Å². The number of carbonyl (C=O) groups excluding carboxylic acids is 1. The Morgan fingerprint density at radius 3 is 2.76 bits per heavy atom. The van der Waals surface area contributed by atoms with Crippen LogP contribution in [-0.4, -0.2) is 49.2 Å². The van der Waals surface area contributed by atoms with E-state index in [9.17, 15) is 4.79 Å². The van der Waals surface area contributed by atoms with Gasteiger partial charge in [0, 0.05) is 13.1 Å². The first-order valence-electron chi connectivity index (χ1n) is 8.09. The fourth-order valence-electron chi connectivity index (χ4n) is 2.86. The zero-order chi connectivity index (χ0) is 18.1. The van der Waals surface area contributed by atoms with Crippen LogP contribution >= 0.6 is 0 Å². The molecule has 3 aromatic heterocycles. The highest BCUT2D eigenvalue weighted by molar-refractivity contribution is 5.96. The second kappa shape index (κ2) is 6.50. The number of likely N-dealkylation sites (N-methyl/N-ethyl adjacent to an activating group) is 1. The third-order valence-corrected chi connectivity index (χ3v) is 4.02. The third-order valence-electron chi connectivity index (χ3n) is 4.02. The lowest BCUT2D eigenvalue weighted by atomic mass is 10.3. The van der Waals surface area contributed by atoms with Crippen molar-refractivity contribution in [3.63, 3.8) is 0 Å². The van der Waals surface area contributed by atoms with Gasteiger partial charge >= 0.3 is 0 Å². The number of fused-ring (bicyclic) bond motifs is 1. The van der Waals surface area contributed by atoms with E-state index in [1.54, 1.807) is 18.3 Å². The molecule has 3 rings (SSSR count). The molecule has 0 aliphatic carbocycles. The number of amides is 1. The lowest BCUT2D eigenvalue weighted by molar-refractivity contribution is -0.114. The van der Waals surface area contributed by atoms with Crippen LogP contribution in [0.1, 0.15) is 31.3 Å². The Morgan fingerprint density at radius 1 is 1.32 bits per heavy atom. The van der Waals surface area contributed by atoms with Gasteiger partial charge in [-0.05, 0) is 27.7 Å². The van der Waals surface area contributed by atoms with E-state index in [1.807, 2.05) is 18.5 Å². The van der Waals surface area contributed by atoms with Crippen molar-refractivity contribution in [2.24, 2.45) is 0 Å². The summed E-state index contributed by atoms with van der Waals surface area (Å²) in [6.45, 7) is 8.12. The lowest BCUT2D eigenvalue weighted by Gasteiger charge is -2.18. The van der Waals surface area contributed by atoms with Gasteiger partial charge in [0.15, 0.2) is 11.5 Å². The van der Waals surface area contributed by atoms with Crippen molar-refractivity contribution >= 4 is 28.6 Å². The first-order valence-corrected chi connectivity index (χ1v) is 8.09. The number of hydrogen-bond donors (Lipinski definition) is 2. The lowest BCUT2D eigenvalue weighted by Crippen LogP contribution is -2.31. The van der Waals surface area contributed by atoms with Gasteiger partial charge in [-0.25, -0.2) is 15.0 Å². The van der Waals surface area contributed by atoms with Crippen LogP contribution in [0.4, 0.5) is 11.5 Å². The third kappa shape index (κ3) is 3.17. The molecule has 0 atom stereocenters. The first kappa shape index (κ1) is 16.9. The predicted molar refractivity (Wildman–Crippen MR) is 95.7 cm³/mol. The zero-order valence-electron chi connectivity index (χ0n) is 15.0. The summed E-state index contributed by atoms with van der Waals surface area (Å²) in [6.07, 6.45) is 3.00. The average molecular weight is 342 g/mol. The molecule has 0 bridgehead atoms. The van der Waals surface area contributed by atoms with Gasteiger partial charge in [0.2, 0.25) is 5.91 Å². The van der Waals surface area contributed by atoms with Crippen LogP contribution in [0, 0.1) is 13.8 Å². The van der Waals surface area contributed by atoms with Gasteiger partial charge in [-0.3, -0.25) is 9.48 Å². The van der Waals surface area contributed by atoms with Gasteiger partial charge in [0.05, 0.1) is 29.9 Å². The summed E-state index contributed by atoms with van der Waals surface area (Å²) in [6, 6.07) is 0.238. The summed E-state index contributed by atoms with van der Waals surface area (Å²) >= 11 is 0. The van der Waals surface area contributed by atoms with Crippen molar-refractivity contribution in [1.82, 2.24) is 29.7 Å². The number of rotatable bonds is 5. The number of anilines is 2. The first-order chi connectivity index (χ1) is 11.9. The highest BCUT2D eigenvalue weighted by atomic mass is 16.2. The highest BCUT2D eigenvalue weighted by Crippen LogP contribution is 2.23. The minimum atomic E-state index is -0.136. The predicted octanol–water partition coefficient (Wildman–Crippen LogP) is 1.82. The molecular weight excluding hydrogens is 320 g/mol. The fraction of sp³-hybridized carbons (Fsp3) is 0.438. The second-order valence-electron chi connectivity index (χ2n) is 6.29. The molecular formula is C16H22N8O. The molecule has 132 valence electrons. The highest BCUT2D eigenvalue weighted by Gasteiger charge is 2.18. The minimum absolute atomic E-state index is 0.136. The Morgan fingerprint density at radius 2 is 2.08 bits per heavy atom. The van der Waals surface area contributed by atoms with Gasteiger partial charge in [-0.15, -0.1) is 0 Å². The van der Waals surface area contributed by atoms with Gasteiger partial charge in [0.25, 0.3) is 0 Å². The largest absolute Gasteiger partial charge is 0.348 e. The van der Waals surface area contributed by atoms with E-state index in [-0.39, 0.29) is 18.5 Å². The Labute approximate surface area is 145 Å². The van der Waals surface area contributed by atoms with E-state index in [2.05, 4.69) is 44.2 Å². The smallest absolute Gasteiger partial charge is 0.244 e. The number of aromatic amines is 1. The molecule has 0 radical (unpaired) electrons. The molecule has 0 unspecified atom stereocenters. The van der Waals surface area contributed by atoms with Crippen molar-refractivity contribution in [2.75, 3.05) is 23.8 Å². The van der Waals surface area contributed by atoms with E-state index in [0.717, 1.165) is 17.1 Å². The number of carbonyl (C=O) groups is 1. The van der Waals surface area contributed by atoms with Crippen LogP contribution in [-0.2, 0) is 4.79 Å². The van der Waals surface area contributed by atoms with Gasteiger partial charge in [0.1, 0.15) is 11.8 Å². The Kier molecular flexibility index (Phi) is 4.39. The van der Waals surface area contributed by atoms with Gasteiger partial charge in [-0.1, -0.05) is 0 Å². The number of imidazole rings is 1. The van der Waals surface area contributed by atoms with Crippen molar-refractivity contribution < 1.29 is 4.79 Å². The summed E-state index contributed by atoms with van der Waals surface area (Å²) in [5, 5.41) is 7.45. The molecule has 1 amide bonds. The van der Waals surface area contributed by atoms with E-state index in [0.29, 0.717) is 17.0 Å². The molecule has 0 saturated carbocycles. The molecule has 3 heterocycles. The molecule has 3 aromatic rings. The fourth-order valence-corrected chi connectivity index (χ4v) is 2.86. The quantitative estimate of drug-likeness (QED) is 0.733. The number of H-pyrrole nitrogens is 1. The Hall–Kier alpha value is -2.97. The number of aromatic nitrogens is 6. The summed E-state index contributed by atoms with van der Waals surface area (Å²) in [7, 11) is 1.81. The van der Waals surface area contributed by atoms with Crippen molar-refractivity contribution in [3.05, 3.63) is 24.0 Å². The topological polar surface area (TPSA) is 105 Å². The maximum Gasteiger partial charge on any atom is 0.244 e. The monoisotopic (exact) mass is 342 g/mol. The van der Waals surface area contributed by atoms with Crippen LogP contribution in [0.25, 0.3) is 11.2 Å². The normalized spacial score (nSPS) is 11.3. The molecule has 0 spiro atoms. The van der Waals surface area contributed by atoms with Gasteiger partial charge in [-0.2, -0.15) is 5.10 Å². The standard InChI is InChI=1S/C16H22N8O/c1-9(2)24-11(4)13(10(3)22-24)21-12(25)6-23(5)16-14-15(18-7-17-14)19-8-20-16/h7-9H,6H2,1-5H3,(H,21,25)(H,17,18,19,20). The Balaban J connectivity index is 1.76. The van der Waals surface area contributed by atoms with Crippen LogP contribution in [0.3, 0.4) is 0 Å².